The highest BCUT2D eigenvalue weighted by molar-refractivity contribution is 7.98. The Bertz CT molecular complexity index is 740. The van der Waals surface area contributed by atoms with E-state index in [-0.39, 0.29) is 6.54 Å². The summed E-state index contributed by atoms with van der Waals surface area (Å²) in [5.74, 6) is 0.865. The zero-order valence-corrected chi connectivity index (χ0v) is 12.6. The number of rotatable bonds is 3. The highest BCUT2D eigenvalue weighted by atomic mass is 32.2. The van der Waals surface area contributed by atoms with Crippen LogP contribution in [0, 0.1) is 11.3 Å². The number of nitriles is 1. The van der Waals surface area contributed by atoms with E-state index in [9.17, 15) is 15.2 Å². The molecule has 110 valence electrons. The van der Waals surface area contributed by atoms with Crippen molar-refractivity contribution in [3.05, 3.63) is 65.2 Å². The topological polar surface area (TPSA) is 64.3 Å². The minimum absolute atomic E-state index is 0.280. The van der Waals surface area contributed by atoms with Crippen molar-refractivity contribution in [3.63, 3.8) is 0 Å². The Morgan fingerprint density at radius 2 is 2.09 bits per heavy atom. The second kappa shape index (κ2) is 6.12. The molecule has 3 rings (SSSR count). The number of carbonyl (C=O) groups is 1. The lowest BCUT2D eigenvalue weighted by Crippen LogP contribution is -2.26. The molecule has 22 heavy (non-hydrogen) atoms. The van der Waals surface area contributed by atoms with Crippen molar-refractivity contribution in [2.45, 2.75) is 23.2 Å². The van der Waals surface area contributed by atoms with Crippen LogP contribution in [0.15, 0.2) is 53.4 Å². The fourth-order valence-corrected chi connectivity index (χ4v) is 3.49. The average molecular weight is 310 g/mol. The number of hydrogen-bond acceptors (Lipinski definition) is 3. The van der Waals surface area contributed by atoms with E-state index < -0.39 is 12.1 Å². The van der Waals surface area contributed by atoms with Gasteiger partial charge in [-0.3, -0.25) is 4.90 Å². The van der Waals surface area contributed by atoms with Crippen molar-refractivity contribution in [3.8, 4) is 6.07 Å². The van der Waals surface area contributed by atoms with E-state index in [0.29, 0.717) is 0 Å². The van der Waals surface area contributed by atoms with E-state index >= 15 is 0 Å². The van der Waals surface area contributed by atoms with Gasteiger partial charge >= 0.3 is 6.09 Å². The molecule has 0 aliphatic carbocycles. The van der Waals surface area contributed by atoms with Gasteiger partial charge < -0.3 is 5.11 Å². The van der Waals surface area contributed by atoms with Crippen molar-refractivity contribution in [2.75, 3.05) is 0 Å². The van der Waals surface area contributed by atoms with Crippen molar-refractivity contribution in [2.24, 2.45) is 0 Å². The van der Waals surface area contributed by atoms with Crippen molar-refractivity contribution >= 4 is 17.9 Å². The summed E-state index contributed by atoms with van der Waals surface area (Å²) in [7, 11) is 0. The molecule has 2 aromatic carbocycles. The summed E-state index contributed by atoms with van der Waals surface area (Å²) in [6.07, 6.45) is -1.05. The molecule has 4 nitrogen and oxygen atoms in total. The smallest absolute Gasteiger partial charge is 0.408 e. The highest BCUT2D eigenvalue weighted by Crippen LogP contribution is 2.36. The van der Waals surface area contributed by atoms with Gasteiger partial charge in [-0.25, -0.2) is 4.79 Å². The largest absolute Gasteiger partial charge is 0.465 e. The molecule has 0 aromatic heterocycles. The first kappa shape index (κ1) is 14.5. The van der Waals surface area contributed by atoms with Crippen LogP contribution in [0.4, 0.5) is 4.79 Å². The van der Waals surface area contributed by atoms with E-state index in [4.69, 9.17) is 0 Å². The number of amides is 1. The first-order valence-electron chi connectivity index (χ1n) is 6.88. The normalized spacial score (nSPS) is 16.1. The zero-order chi connectivity index (χ0) is 15.5. The molecule has 2 aromatic rings. The van der Waals surface area contributed by atoms with Crippen LogP contribution in [0.25, 0.3) is 0 Å². The van der Waals surface area contributed by atoms with Crippen LogP contribution in [0.3, 0.4) is 0 Å². The van der Waals surface area contributed by atoms with Crippen LogP contribution in [-0.4, -0.2) is 16.1 Å². The first-order valence-corrected chi connectivity index (χ1v) is 7.86. The molecule has 1 aliphatic heterocycles. The van der Waals surface area contributed by atoms with Gasteiger partial charge in [0.1, 0.15) is 6.04 Å². The molecule has 1 atom stereocenters. The van der Waals surface area contributed by atoms with Crippen molar-refractivity contribution in [1.82, 2.24) is 4.90 Å². The van der Waals surface area contributed by atoms with E-state index in [1.165, 1.54) is 10.5 Å². The molecule has 5 heteroatoms. The first-order chi connectivity index (χ1) is 10.7. The van der Waals surface area contributed by atoms with Gasteiger partial charge in [0.2, 0.25) is 0 Å². The summed E-state index contributed by atoms with van der Waals surface area (Å²) in [5.41, 5.74) is 2.97. The van der Waals surface area contributed by atoms with Crippen LogP contribution < -0.4 is 0 Å². The molecular formula is C17H14N2O2S. The summed E-state index contributed by atoms with van der Waals surface area (Å²) >= 11 is 1.71. The van der Waals surface area contributed by atoms with E-state index in [0.717, 1.165) is 21.8 Å². The second-order valence-electron chi connectivity index (χ2n) is 5.08. The molecule has 1 N–H and O–H groups in total. The summed E-state index contributed by atoms with van der Waals surface area (Å²) in [6.45, 7) is 0.280. The van der Waals surface area contributed by atoms with Gasteiger partial charge in [0, 0.05) is 10.6 Å². The van der Waals surface area contributed by atoms with Gasteiger partial charge in [0.05, 0.1) is 12.6 Å². The lowest BCUT2D eigenvalue weighted by Gasteiger charge is -2.14. The maximum absolute atomic E-state index is 11.2. The molecular weight excluding hydrogens is 296 g/mol. The molecule has 0 fully saturated rings. The third kappa shape index (κ3) is 2.78. The molecule has 1 amide bonds. The third-order valence-corrected chi connectivity index (χ3v) is 4.74. The Morgan fingerprint density at radius 3 is 2.77 bits per heavy atom. The third-order valence-electron chi connectivity index (χ3n) is 3.68. The van der Waals surface area contributed by atoms with E-state index in [2.05, 4.69) is 18.2 Å². The fourth-order valence-electron chi connectivity index (χ4n) is 2.58. The molecule has 0 saturated carbocycles. The van der Waals surface area contributed by atoms with Crippen LogP contribution in [0.5, 0.6) is 0 Å². The zero-order valence-electron chi connectivity index (χ0n) is 11.8. The Balaban J connectivity index is 1.77. The number of fused-ring (bicyclic) bond motifs is 1. The van der Waals surface area contributed by atoms with Gasteiger partial charge in [0.15, 0.2) is 0 Å². The SMILES string of the molecule is N#CC1c2ccc(SCc3ccccc3)cc2CN1C(=O)O. The van der Waals surface area contributed by atoms with E-state index in [1.807, 2.05) is 36.4 Å². The highest BCUT2D eigenvalue weighted by Gasteiger charge is 2.33. The summed E-state index contributed by atoms with van der Waals surface area (Å²) in [4.78, 5) is 13.5. The second-order valence-corrected chi connectivity index (χ2v) is 6.13. The molecule has 1 heterocycles. The Labute approximate surface area is 133 Å². The van der Waals surface area contributed by atoms with Crippen LogP contribution in [-0.2, 0) is 12.3 Å². The Hall–Kier alpha value is -2.45. The van der Waals surface area contributed by atoms with Gasteiger partial charge in [-0.2, -0.15) is 5.26 Å². The minimum atomic E-state index is -1.05. The Morgan fingerprint density at radius 1 is 1.32 bits per heavy atom. The van der Waals surface area contributed by atoms with Crippen molar-refractivity contribution in [1.29, 1.82) is 5.26 Å². The molecule has 0 radical (unpaired) electrons. The van der Waals surface area contributed by atoms with Gasteiger partial charge in [0.25, 0.3) is 0 Å². The lowest BCUT2D eigenvalue weighted by molar-refractivity contribution is 0.138. The van der Waals surface area contributed by atoms with Crippen LogP contribution in [0.1, 0.15) is 22.7 Å². The summed E-state index contributed by atoms with van der Waals surface area (Å²) in [6, 6.07) is 17.4. The molecule has 0 spiro atoms. The fraction of sp³-hybridized carbons (Fsp3) is 0.176. The van der Waals surface area contributed by atoms with Gasteiger partial charge in [-0.05, 0) is 28.8 Å². The van der Waals surface area contributed by atoms with Crippen LogP contribution >= 0.6 is 11.8 Å². The van der Waals surface area contributed by atoms with Gasteiger partial charge in [-0.15, -0.1) is 11.8 Å². The number of carboxylic acid groups (broad SMARTS) is 1. The Kier molecular flexibility index (Phi) is 4.03. The van der Waals surface area contributed by atoms with Crippen molar-refractivity contribution < 1.29 is 9.90 Å². The molecule has 0 saturated heterocycles. The quantitative estimate of drug-likeness (QED) is 0.869. The molecule has 1 aliphatic rings. The van der Waals surface area contributed by atoms with Gasteiger partial charge in [-0.1, -0.05) is 36.4 Å². The predicted molar refractivity (Wildman–Crippen MR) is 84.4 cm³/mol. The summed E-state index contributed by atoms with van der Waals surface area (Å²) < 4.78 is 0. The number of nitrogens with zero attached hydrogens (tertiary/aromatic N) is 2. The number of thioether (sulfide) groups is 1. The maximum Gasteiger partial charge on any atom is 0.408 e. The predicted octanol–water partition coefficient (Wildman–Crippen LogP) is 4.04. The lowest BCUT2D eigenvalue weighted by atomic mass is 10.1. The summed E-state index contributed by atoms with van der Waals surface area (Å²) in [5, 5.41) is 18.4. The standard InChI is InChI=1S/C17H14N2O2S/c18-9-16-15-7-6-14(8-13(15)10-19(16)17(20)21)22-11-12-4-2-1-3-5-12/h1-8,16H,10-11H2,(H,20,21). The van der Waals surface area contributed by atoms with Crippen LogP contribution in [0.2, 0.25) is 0 Å². The minimum Gasteiger partial charge on any atom is -0.465 e. The maximum atomic E-state index is 11.2. The number of benzene rings is 2. The number of hydrogen-bond donors (Lipinski definition) is 1. The molecule has 1 unspecified atom stereocenters. The average Bonchev–Trinajstić information content (AvgIpc) is 2.92. The van der Waals surface area contributed by atoms with E-state index in [1.54, 1.807) is 11.8 Å². The molecule has 0 bridgehead atoms. The monoisotopic (exact) mass is 310 g/mol.